The van der Waals surface area contributed by atoms with Crippen LogP contribution in [0.25, 0.3) is 5.69 Å². The summed E-state index contributed by atoms with van der Waals surface area (Å²) in [5.41, 5.74) is 4.70. The number of rotatable bonds is 6. The van der Waals surface area contributed by atoms with Gasteiger partial charge in [-0.1, -0.05) is 36.4 Å². The zero-order chi connectivity index (χ0) is 17.8. The van der Waals surface area contributed by atoms with Crippen molar-refractivity contribution in [3.63, 3.8) is 0 Å². The fourth-order valence-electron chi connectivity index (χ4n) is 3.08. The van der Waals surface area contributed by atoms with E-state index in [0.29, 0.717) is 13.2 Å². The average molecular weight is 349 g/mol. The van der Waals surface area contributed by atoms with Gasteiger partial charge in [0.25, 0.3) is 0 Å². The van der Waals surface area contributed by atoms with E-state index < -0.39 is 0 Å². The molecule has 134 valence electrons. The van der Waals surface area contributed by atoms with E-state index in [1.165, 1.54) is 11.1 Å². The van der Waals surface area contributed by atoms with Gasteiger partial charge in [-0.2, -0.15) is 0 Å². The van der Waals surface area contributed by atoms with Crippen molar-refractivity contribution in [2.75, 3.05) is 13.2 Å². The van der Waals surface area contributed by atoms with E-state index in [1.54, 1.807) is 6.20 Å². The SMILES string of the molecule is C[C@@H](NCc1ccc(C2OCCO2)cc1)c1ccc(-n2ccnc2)cc1. The number of benzene rings is 2. The molecule has 1 aliphatic rings. The summed E-state index contributed by atoms with van der Waals surface area (Å²) >= 11 is 0. The molecular formula is C21H23N3O2. The average Bonchev–Trinajstić information content (AvgIpc) is 3.40. The molecule has 1 atom stereocenters. The largest absolute Gasteiger partial charge is 0.346 e. The second-order valence-electron chi connectivity index (χ2n) is 6.48. The summed E-state index contributed by atoms with van der Waals surface area (Å²) in [6.07, 6.45) is 5.34. The van der Waals surface area contributed by atoms with E-state index in [1.807, 2.05) is 17.1 Å². The standard InChI is InChI=1S/C21H23N3O2/c1-16(18-6-8-20(9-7-18)24-11-10-22-15-24)23-14-17-2-4-19(5-3-17)21-25-12-13-26-21/h2-11,15-16,21,23H,12-14H2,1H3/t16-/m1/s1. The van der Waals surface area contributed by atoms with E-state index in [0.717, 1.165) is 17.8 Å². The highest BCUT2D eigenvalue weighted by molar-refractivity contribution is 5.35. The van der Waals surface area contributed by atoms with Gasteiger partial charge in [0.05, 0.1) is 19.5 Å². The van der Waals surface area contributed by atoms with Gasteiger partial charge >= 0.3 is 0 Å². The number of hydrogen-bond acceptors (Lipinski definition) is 4. The van der Waals surface area contributed by atoms with Crippen molar-refractivity contribution in [3.8, 4) is 5.69 Å². The topological polar surface area (TPSA) is 48.3 Å². The molecule has 1 saturated heterocycles. The molecule has 1 N–H and O–H groups in total. The molecule has 1 aliphatic heterocycles. The number of ether oxygens (including phenoxy) is 2. The quantitative estimate of drug-likeness (QED) is 0.736. The molecule has 5 nitrogen and oxygen atoms in total. The molecule has 1 fully saturated rings. The first-order valence-electron chi connectivity index (χ1n) is 8.93. The molecule has 0 saturated carbocycles. The maximum Gasteiger partial charge on any atom is 0.184 e. The van der Waals surface area contributed by atoms with Gasteiger partial charge in [0.15, 0.2) is 6.29 Å². The van der Waals surface area contributed by atoms with E-state index >= 15 is 0 Å². The second-order valence-corrected chi connectivity index (χ2v) is 6.48. The van der Waals surface area contributed by atoms with Crippen LogP contribution in [0.3, 0.4) is 0 Å². The van der Waals surface area contributed by atoms with Crippen LogP contribution < -0.4 is 5.32 Å². The van der Waals surface area contributed by atoms with Crippen LogP contribution in [0.5, 0.6) is 0 Å². The van der Waals surface area contributed by atoms with E-state index in [2.05, 4.69) is 65.8 Å². The van der Waals surface area contributed by atoms with Crippen molar-refractivity contribution in [3.05, 3.63) is 83.9 Å². The van der Waals surface area contributed by atoms with Crippen molar-refractivity contribution < 1.29 is 9.47 Å². The Bertz CT molecular complexity index is 807. The van der Waals surface area contributed by atoms with E-state index in [-0.39, 0.29) is 12.3 Å². The van der Waals surface area contributed by atoms with Crippen LogP contribution in [-0.4, -0.2) is 22.8 Å². The highest BCUT2D eigenvalue weighted by Gasteiger charge is 2.17. The summed E-state index contributed by atoms with van der Waals surface area (Å²) in [5.74, 6) is 0. The molecule has 26 heavy (non-hydrogen) atoms. The number of nitrogens with zero attached hydrogens (tertiary/aromatic N) is 2. The lowest BCUT2D eigenvalue weighted by Gasteiger charge is -2.16. The maximum atomic E-state index is 5.53. The molecule has 1 aromatic heterocycles. The van der Waals surface area contributed by atoms with Crippen molar-refractivity contribution in [2.24, 2.45) is 0 Å². The number of aromatic nitrogens is 2. The Balaban J connectivity index is 1.33. The highest BCUT2D eigenvalue weighted by Crippen LogP contribution is 2.23. The molecule has 3 aromatic rings. The highest BCUT2D eigenvalue weighted by atomic mass is 16.7. The summed E-state index contributed by atoms with van der Waals surface area (Å²) in [6, 6.07) is 17.2. The van der Waals surface area contributed by atoms with Crippen LogP contribution in [0.1, 0.15) is 35.9 Å². The third kappa shape index (κ3) is 3.85. The van der Waals surface area contributed by atoms with Gasteiger partial charge in [0, 0.05) is 36.2 Å². The minimum absolute atomic E-state index is 0.204. The number of imidazole rings is 1. The van der Waals surface area contributed by atoms with E-state index in [4.69, 9.17) is 9.47 Å². The Morgan fingerprint density at radius 2 is 1.81 bits per heavy atom. The first-order chi connectivity index (χ1) is 12.8. The normalized spacial score (nSPS) is 16.0. The van der Waals surface area contributed by atoms with Crippen molar-refractivity contribution in [2.45, 2.75) is 25.8 Å². The predicted octanol–water partition coefficient (Wildman–Crippen LogP) is 3.77. The van der Waals surface area contributed by atoms with Gasteiger partial charge in [0.2, 0.25) is 0 Å². The molecule has 0 radical (unpaired) electrons. The zero-order valence-electron chi connectivity index (χ0n) is 14.8. The molecule has 0 unspecified atom stereocenters. The molecule has 0 amide bonds. The predicted molar refractivity (Wildman–Crippen MR) is 99.9 cm³/mol. The minimum Gasteiger partial charge on any atom is -0.346 e. The second kappa shape index (κ2) is 7.83. The Hall–Kier alpha value is -2.47. The van der Waals surface area contributed by atoms with Crippen LogP contribution in [0.2, 0.25) is 0 Å². The van der Waals surface area contributed by atoms with Gasteiger partial charge in [0.1, 0.15) is 0 Å². The van der Waals surface area contributed by atoms with Gasteiger partial charge in [-0.05, 0) is 30.2 Å². The molecule has 2 aromatic carbocycles. The summed E-state index contributed by atoms with van der Waals surface area (Å²) in [7, 11) is 0. The molecule has 0 aliphatic carbocycles. The third-order valence-electron chi connectivity index (χ3n) is 4.68. The van der Waals surface area contributed by atoms with Gasteiger partial charge in [-0.25, -0.2) is 4.98 Å². The molecule has 4 rings (SSSR count). The van der Waals surface area contributed by atoms with E-state index in [9.17, 15) is 0 Å². The smallest absolute Gasteiger partial charge is 0.184 e. The maximum absolute atomic E-state index is 5.53. The third-order valence-corrected chi connectivity index (χ3v) is 4.68. The molecule has 5 heteroatoms. The number of hydrogen-bond donors (Lipinski definition) is 1. The summed E-state index contributed by atoms with van der Waals surface area (Å²) in [5, 5.41) is 3.58. The first-order valence-corrected chi connectivity index (χ1v) is 8.93. The lowest BCUT2D eigenvalue weighted by molar-refractivity contribution is -0.0441. The minimum atomic E-state index is -0.204. The fraction of sp³-hybridized carbons (Fsp3) is 0.286. The van der Waals surface area contributed by atoms with Crippen LogP contribution >= 0.6 is 0 Å². The van der Waals surface area contributed by atoms with Crippen LogP contribution in [-0.2, 0) is 16.0 Å². The Labute approximate surface area is 153 Å². The van der Waals surface area contributed by atoms with Crippen molar-refractivity contribution >= 4 is 0 Å². The van der Waals surface area contributed by atoms with Gasteiger partial charge in [-0.15, -0.1) is 0 Å². The van der Waals surface area contributed by atoms with Crippen molar-refractivity contribution in [1.29, 1.82) is 0 Å². The number of nitrogens with one attached hydrogen (secondary N) is 1. The van der Waals surface area contributed by atoms with Gasteiger partial charge < -0.3 is 19.4 Å². The fourth-order valence-corrected chi connectivity index (χ4v) is 3.08. The molecular weight excluding hydrogens is 326 g/mol. The summed E-state index contributed by atoms with van der Waals surface area (Å²) < 4.78 is 13.1. The molecule has 2 heterocycles. The van der Waals surface area contributed by atoms with Crippen molar-refractivity contribution in [1.82, 2.24) is 14.9 Å². The Morgan fingerprint density at radius 1 is 1.08 bits per heavy atom. The first kappa shape index (κ1) is 17.0. The van der Waals surface area contributed by atoms with Crippen LogP contribution in [0.15, 0.2) is 67.3 Å². The Kier molecular flexibility index (Phi) is 5.11. The van der Waals surface area contributed by atoms with Crippen LogP contribution in [0.4, 0.5) is 0 Å². The molecule has 0 bridgehead atoms. The monoisotopic (exact) mass is 349 g/mol. The lowest BCUT2D eigenvalue weighted by atomic mass is 10.1. The summed E-state index contributed by atoms with van der Waals surface area (Å²) in [6.45, 7) is 4.34. The zero-order valence-corrected chi connectivity index (χ0v) is 14.8. The van der Waals surface area contributed by atoms with Crippen LogP contribution in [0, 0.1) is 0 Å². The molecule has 0 spiro atoms. The summed E-state index contributed by atoms with van der Waals surface area (Å²) in [4.78, 5) is 4.09. The lowest BCUT2D eigenvalue weighted by Crippen LogP contribution is -2.18. The van der Waals surface area contributed by atoms with Gasteiger partial charge in [-0.3, -0.25) is 0 Å². The Morgan fingerprint density at radius 3 is 2.46 bits per heavy atom.